The third kappa shape index (κ3) is 3.32. The van der Waals surface area contributed by atoms with Crippen molar-refractivity contribution in [2.75, 3.05) is 13.2 Å². The molecule has 0 bridgehead atoms. The molecule has 0 radical (unpaired) electrons. The number of carbonyl (C=O) groups is 1. The molecule has 0 atom stereocenters. The molecule has 1 aromatic carbocycles. The summed E-state index contributed by atoms with van der Waals surface area (Å²) in [6.07, 6.45) is 0. The van der Waals surface area contributed by atoms with Crippen LogP contribution < -0.4 is 4.74 Å². The zero-order valence-electron chi connectivity index (χ0n) is 9.45. The highest BCUT2D eigenvalue weighted by Gasteiger charge is 2.12. The lowest BCUT2D eigenvalue weighted by Crippen LogP contribution is -2.07. The third-order valence-corrected chi connectivity index (χ3v) is 1.86. The molecule has 0 saturated heterocycles. The van der Waals surface area contributed by atoms with Crippen molar-refractivity contribution in [1.82, 2.24) is 0 Å². The Balaban J connectivity index is 2.81. The minimum atomic E-state index is -0.373. The van der Waals surface area contributed by atoms with Crippen molar-refractivity contribution in [2.24, 2.45) is 0 Å². The van der Waals surface area contributed by atoms with Crippen molar-refractivity contribution in [3.05, 3.63) is 29.8 Å². The number of esters is 1. The largest absolute Gasteiger partial charge is 0.480 e. The second kappa shape index (κ2) is 6.52. The van der Waals surface area contributed by atoms with Crippen LogP contribution in [0.15, 0.2) is 24.3 Å². The summed E-state index contributed by atoms with van der Waals surface area (Å²) in [5.41, 5.74) is 0.433. The van der Waals surface area contributed by atoms with Crippen LogP contribution in [0.4, 0.5) is 0 Å². The maximum atomic E-state index is 11.6. The summed E-state index contributed by atoms with van der Waals surface area (Å²) in [5.74, 6) is 5.62. The molecule has 3 heteroatoms. The van der Waals surface area contributed by atoms with Gasteiger partial charge in [-0.05, 0) is 26.0 Å². The Labute approximate surface area is 95.4 Å². The molecular formula is C13H14O3. The standard InChI is InChI=1S/C13H14O3/c1-3-5-10-16-12-9-7-6-8-11(12)13(14)15-4-2/h6-9H,4,10H2,1-2H3. The van der Waals surface area contributed by atoms with Crippen molar-refractivity contribution in [1.29, 1.82) is 0 Å². The molecule has 0 aliphatic carbocycles. The molecule has 16 heavy (non-hydrogen) atoms. The first-order chi connectivity index (χ1) is 7.79. The summed E-state index contributed by atoms with van der Waals surface area (Å²) in [6.45, 7) is 4.12. The van der Waals surface area contributed by atoms with Gasteiger partial charge in [-0.25, -0.2) is 4.79 Å². The molecule has 0 aliphatic rings. The minimum Gasteiger partial charge on any atom is -0.480 e. The zero-order chi connectivity index (χ0) is 11.8. The zero-order valence-corrected chi connectivity index (χ0v) is 9.45. The number of ether oxygens (including phenoxy) is 2. The second-order valence-corrected chi connectivity index (χ2v) is 2.93. The van der Waals surface area contributed by atoms with E-state index in [9.17, 15) is 4.79 Å². The first-order valence-electron chi connectivity index (χ1n) is 5.08. The molecule has 0 amide bonds. The lowest BCUT2D eigenvalue weighted by Gasteiger charge is -2.08. The molecule has 1 aromatic rings. The molecular weight excluding hydrogens is 204 g/mol. The highest BCUT2D eigenvalue weighted by molar-refractivity contribution is 5.92. The molecule has 0 fully saturated rings. The van der Waals surface area contributed by atoms with Crippen molar-refractivity contribution < 1.29 is 14.3 Å². The summed E-state index contributed by atoms with van der Waals surface area (Å²) in [4.78, 5) is 11.6. The van der Waals surface area contributed by atoms with E-state index >= 15 is 0 Å². The van der Waals surface area contributed by atoms with E-state index in [0.29, 0.717) is 17.9 Å². The van der Waals surface area contributed by atoms with Crippen LogP contribution >= 0.6 is 0 Å². The van der Waals surface area contributed by atoms with E-state index in [0.717, 1.165) is 0 Å². The average Bonchev–Trinajstić information content (AvgIpc) is 2.30. The monoisotopic (exact) mass is 218 g/mol. The summed E-state index contributed by atoms with van der Waals surface area (Å²) in [5, 5.41) is 0. The quantitative estimate of drug-likeness (QED) is 0.574. The first kappa shape index (κ1) is 12.1. The highest BCUT2D eigenvalue weighted by Crippen LogP contribution is 2.18. The van der Waals surface area contributed by atoms with E-state index < -0.39 is 0 Å². The number of hydrogen-bond acceptors (Lipinski definition) is 3. The normalized spacial score (nSPS) is 8.88. The molecule has 0 N–H and O–H groups in total. The van der Waals surface area contributed by atoms with Gasteiger partial charge < -0.3 is 9.47 Å². The molecule has 0 aromatic heterocycles. The lowest BCUT2D eigenvalue weighted by molar-refractivity contribution is 0.0522. The molecule has 1 rings (SSSR count). The van der Waals surface area contributed by atoms with Gasteiger partial charge in [0.1, 0.15) is 17.9 Å². The van der Waals surface area contributed by atoms with Gasteiger partial charge in [-0.2, -0.15) is 0 Å². The van der Waals surface area contributed by atoms with Crippen molar-refractivity contribution in [3.63, 3.8) is 0 Å². The van der Waals surface area contributed by atoms with Gasteiger partial charge >= 0.3 is 5.97 Å². The van der Waals surface area contributed by atoms with Gasteiger partial charge in [0.15, 0.2) is 0 Å². The van der Waals surface area contributed by atoms with E-state index in [1.54, 1.807) is 38.1 Å². The van der Waals surface area contributed by atoms with Gasteiger partial charge in [0.2, 0.25) is 0 Å². The van der Waals surface area contributed by atoms with E-state index in [1.165, 1.54) is 0 Å². The Morgan fingerprint density at radius 3 is 2.81 bits per heavy atom. The Bertz CT molecular complexity index is 413. The number of para-hydroxylation sites is 1. The fourth-order valence-electron chi connectivity index (χ4n) is 1.16. The Kier molecular flexibility index (Phi) is 4.94. The maximum Gasteiger partial charge on any atom is 0.341 e. The van der Waals surface area contributed by atoms with E-state index in [4.69, 9.17) is 9.47 Å². The number of benzene rings is 1. The van der Waals surface area contributed by atoms with Crippen LogP contribution in [0.25, 0.3) is 0 Å². The number of hydrogen-bond donors (Lipinski definition) is 0. The van der Waals surface area contributed by atoms with Gasteiger partial charge in [0.05, 0.1) is 6.61 Å². The highest BCUT2D eigenvalue weighted by atomic mass is 16.5. The summed E-state index contributed by atoms with van der Waals surface area (Å²) in [6, 6.07) is 6.97. The van der Waals surface area contributed by atoms with E-state index in [-0.39, 0.29) is 12.6 Å². The van der Waals surface area contributed by atoms with Gasteiger partial charge in [-0.3, -0.25) is 0 Å². The SMILES string of the molecule is CC#CCOc1ccccc1C(=O)OCC. The van der Waals surface area contributed by atoms with Gasteiger partial charge in [0.25, 0.3) is 0 Å². The smallest absolute Gasteiger partial charge is 0.341 e. The summed E-state index contributed by atoms with van der Waals surface area (Å²) >= 11 is 0. The summed E-state index contributed by atoms with van der Waals surface area (Å²) in [7, 11) is 0. The third-order valence-electron chi connectivity index (χ3n) is 1.86. The van der Waals surface area contributed by atoms with Crippen LogP contribution in [0.5, 0.6) is 5.75 Å². The Hall–Kier alpha value is -1.95. The summed E-state index contributed by atoms with van der Waals surface area (Å²) < 4.78 is 10.3. The molecule has 0 saturated carbocycles. The maximum absolute atomic E-state index is 11.6. The van der Waals surface area contributed by atoms with Crippen molar-refractivity contribution >= 4 is 5.97 Å². The Morgan fingerprint density at radius 1 is 1.38 bits per heavy atom. The fourth-order valence-corrected chi connectivity index (χ4v) is 1.16. The van der Waals surface area contributed by atoms with E-state index in [2.05, 4.69) is 11.8 Å². The fraction of sp³-hybridized carbons (Fsp3) is 0.308. The van der Waals surface area contributed by atoms with Gasteiger partial charge in [0, 0.05) is 0 Å². The topological polar surface area (TPSA) is 35.5 Å². The molecule has 0 aliphatic heterocycles. The number of rotatable bonds is 4. The van der Waals surface area contributed by atoms with Crippen molar-refractivity contribution in [2.45, 2.75) is 13.8 Å². The Morgan fingerprint density at radius 2 is 2.12 bits per heavy atom. The second-order valence-electron chi connectivity index (χ2n) is 2.93. The molecule has 3 nitrogen and oxygen atoms in total. The predicted octanol–water partition coefficient (Wildman–Crippen LogP) is 2.27. The average molecular weight is 218 g/mol. The van der Waals surface area contributed by atoms with Crippen LogP contribution in [0, 0.1) is 11.8 Å². The first-order valence-corrected chi connectivity index (χ1v) is 5.08. The molecule has 0 unspecified atom stereocenters. The van der Waals surface area contributed by atoms with E-state index in [1.807, 2.05) is 0 Å². The molecule has 0 spiro atoms. The molecule has 0 heterocycles. The number of carbonyl (C=O) groups excluding carboxylic acids is 1. The van der Waals surface area contributed by atoms with Crippen LogP contribution in [-0.2, 0) is 4.74 Å². The minimum absolute atomic E-state index is 0.271. The van der Waals surface area contributed by atoms with Crippen LogP contribution in [0.3, 0.4) is 0 Å². The predicted molar refractivity (Wildman–Crippen MR) is 61.3 cm³/mol. The molecule has 84 valence electrons. The van der Waals surface area contributed by atoms with Gasteiger partial charge in [-0.15, -0.1) is 5.92 Å². The van der Waals surface area contributed by atoms with Crippen LogP contribution in [-0.4, -0.2) is 19.2 Å². The lowest BCUT2D eigenvalue weighted by atomic mass is 10.2. The van der Waals surface area contributed by atoms with Gasteiger partial charge in [-0.1, -0.05) is 18.1 Å². The van der Waals surface area contributed by atoms with Crippen LogP contribution in [0.1, 0.15) is 24.2 Å². The van der Waals surface area contributed by atoms with Crippen molar-refractivity contribution in [3.8, 4) is 17.6 Å². The van der Waals surface area contributed by atoms with Crippen LogP contribution in [0.2, 0.25) is 0 Å².